The summed E-state index contributed by atoms with van der Waals surface area (Å²) in [6.45, 7) is 2.07. The number of fused-ring (bicyclic) bond motifs is 6. The number of thiazole rings is 1. The number of amides is 6. The first kappa shape index (κ1) is 53.6. The Hall–Kier alpha value is -6.65. The molecule has 0 bridgehead atoms. The average Bonchev–Trinajstić information content (AvgIpc) is 4.03. The van der Waals surface area contributed by atoms with Crippen molar-refractivity contribution in [2.45, 2.75) is 94.8 Å². The van der Waals surface area contributed by atoms with Gasteiger partial charge in [0, 0.05) is 74.5 Å². The van der Waals surface area contributed by atoms with E-state index in [2.05, 4.69) is 36.5 Å². The van der Waals surface area contributed by atoms with Gasteiger partial charge in [0.2, 0.25) is 41.2 Å². The molecular weight excluding hydrogens is 993 g/mol. The lowest BCUT2D eigenvalue weighted by atomic mass is 9.72. The number of benzene rings is 2. The van der Waals surface area contributed by atoms with E-state index < -0.39 is 127 Å². The van der Waals surface area contributed by atoms with Crippen LogP contribution in [-0.4, -0.2) is 181 Å². The normalized spacial score (nSPS) is 24.8. The minimum Gasteiger partial charge on any atom is -0.507 e. The van der Waals surface area contributed by atoms with Crippen LogP contribution in [0.2, 0.25) is 0 Å². The fourth-order valence-electron chi connectivity index (χ4n) is 9.81. The minimum atomic E-state index is -1.93. The summed E-state index contributed by atoms with van der Waals surface area (Å²) >= 11 is 1.11. The number of hydrogen-bond acceptors (Lipinski definition) is 20. The van der Waals surface area contributed by atoms with Crippen molar-refractivity contribution in [1.82, 2.24) is 41.4 Å². The number of nitrogens with zero attached hydrogens (tertiary/aromatic N) is 3. The lowest BCUT2D eigenvalue weighted by Crippen LogP contribution is -2.55. The molecule has 3 saturated heterocycles. The van der Waals surface area contributed by atoms with Crippen LogP contribution in [0.15, 0.2) is 23.6 Å². The van der Waals surface area contributed by atoms with Crippen LogP contribution in [0.25, 0.3) is 0 Å². The molecule has 3 fully saturated rings. The Morgan fingerprint density at radius 3 is 2.15 bits per heavy atom. The van der Waals surface area contributed by atoms with Crippen molar-refractivity contribution in [3.63, 3.8) is 0 Å². The second-order valence-electron chi connectivity index (χ2n) is 18.3. The van der Waals surface area contributed by atoms with E-state index in [0.29, 0.717) is 18.2 Å². The zero-order chi connectivity index (χ0) is 53.2. The monoisotopic (exact) mass is 1050 g/mol. The SMILES string of the molecule is CCC(=O)NCC(=O)NCC(=O)NCC(=O)NCC(=O)NCC(=O)N(C)Cc1nc([C@]2(O)Cc3c(O)c4c(c(O)c3[C@@H](O[C@H]3C[C@H]5[C@H](O[C@@H]6[C@@H](OC)OCCN65)[C@H](C)O3)C2)C(=O)c2c(OC)cccc2C4=O)cs1. The topological polar surface area (TPSA) is 332 Å². The highest BCUT2D eigenvalue weighted by Crippen LogP contribution is 2.54. The zero-order valence-corrected chi connectivity index (χ0v) is 42.0. The molecule has 26 heteroatoms. The molecule has 2 aliphatic carbocycles. The Morgan fingerprint density at radius 2 is 1.51 bits per heavy atom. The molecule has 4 heterocycles. The lowest BCUT2D eigenvalue weighted by Gasteiger charge is -2.43. The predicted molar refractivity (Wildman–Crippen MR) is 254 cm³/mol. The number of aromatic hydroxyl groups is 2. The summed E-state index contributed by atoms with van der Waals surface area (Å²) in [6, 6.07) is 4.24. The van der Waals surface area contributed by atoms with E-state index in [-0.39, 0.29) is 90.5 Å². The third-order valence-corrected chi connectivity index (χ3v) is 14.4. The molecule has 8 rings (SSSR count). The molecular formula is C48H58N8O17S. The number of nitrogens with one attached hydrogen (secondary N) is 5. The molecule has 0 spiro atoms. The van der Waals surface area contributed by atoms with Gasteiger partial charge in [0.1, 0.15) is 34.0 Å². The molecule has 8 atom stereocenters. The van der Waals surface area contributed by atoms with Crippen LogP contribution in [0.3, 0.4) is 0 Å². The molecule has 1 aromatic heterocycles. The highest BCUT2D eigenvalue weighted by atomic mass is 32.1. The van der Waals surface area contributed by atoms with E-state index in [1.54, 1.807) is 12.3 Å². The number of morpholine rings is 1. The zero-order valence-electron chi connectivity index (χ0n) is 41.1. The molecule has 5 aliphatic rings. The lowest BCUT2D eigenvalue weighted by molar-refractivity contribution is -0.256. The van der Waals surface area contributed by atoms with Crippen LogP contribution in [0.5, 0.6) is 17.2 Å². The Bertz CT molecular complexity index is 2740. The van der Waals surface area contributed by atoms with Gasteiger partial charge in [-0.15, -0.1) is 11.3 Å². The summed E-state index contributed by atoms with van der Waals surface area (Å²) in [4.78, 5) is 110. The number of methoxy groups -OCH3 is 2. The van der Waals surface area contributed by atoms with Gasteiger partial charge < -0.3 is 75.2 Å². The van der Waals surface area contributed by atoms with E-state index in [9.17, 15) is 53.7 Å². The average molecular weight is 1050 g/mol. The maximum atomic E-state index is 14.3. The standard InChI is InChI=1S/C48H58N8O17S/c1-6-29(57)49-15-30(58)50-16-31(59)51-17-32(60)52-18-33(61)53-19-35(62)55(3)20-34-54-28(21-74-34)48(67)13-24-38(44(66)40-39(42(24)64)41(63)23-8-7-9-26(68-4)37(23)43(40)65)27(14-48)72-36-12-25-45(22(2)71-36)73-46-47(69-5)70-11-10-56(25)46/h7-9,21-22,25,27,36,45-47,64,66-67H,6,10-20H2,1-5H3,(H,49,57)(H,50,58)(H,51,59)(H,52,60)(H,53,61)/t22-,25-,27-,36-,45+,46+,47-,48-/m0/s1. The van der Waals surface area contributed by atoms with Crippen LogP contribution < -0.4 is 31.3 Å². The highest BCUT2D eigenvalue weighted by molar-refractivity contribution is 7.09. The number of aliphatic hydroxyl groups is 1. The van der Waals surface area contributed by atoms with Gasteiger partial charge in [-0.05, 0) is 13.0 Å². The molecule has 398 valence electrons. The fraction of sp³-hybridized carbons (Fsp3) is 0.521. The third kappa shape index (κ3) is 10.9. The number of phenols is 2. The maximum absolute atomic E-state index is 14.3. The smallest absolute Gasteiger partial charge is 0.242 e. The highest BCUT2D eigenvalue weighted by Gasteiger charge is 2.55. The second kappa shape index (κ2) is 22.4. The largest absolute Gasteiger partial charge is 0.507 e. The van der Waals surface area contributed by atoms with Crippen molar-refractivity contribution in [1.29, 1.82) is 0 Å². The molecule has 74 heavy (non-hydrogen) atoms. The molecule has 0 radical (unpaired) electrons. The van der Waals surface area contributed by atoms with E-state index in [1.807, 2.05) is 6.92 Å². The maximum Gasteiger partial charge on any atom is 0.242 e. The number of carbonyl (C=O) groups excluding carboxylic acids is 8. The van der Waals surface area contributed by atoms with Crippen LogP contribution in [0, 0.1) is 0 Å². The van der Waals surface area contributed by atoms with Crippen LogP contribution in [0.1, 0.15) is 92.9 Å². The van der Waals surface area contributed by atoms with Crippen molar-refractivity contribution < 1.29 is 82.1 Å². The number of aromatic nitrogens is 1. The van der Waals surface area contributed by atoms with Gasteiger partial charge in [0.25, 0.3) is 0 Å². The molecule has 0 saturated carbocycles. The van der Waals surface area contributed by atoms with Crippen molar-refractivity contribution in [2.24, 2.45) is 0 Å². The van der Waals surface area contributed by atoms with Crippen molar-refractivity contribution in [3.8, 4) is 17.2 Å². The van der Waals surface area contributed by atoms with Gasteiger partial charge >= 0.3 is 0 Å². The second-order valence-corrected chi connectivity index (χ2v) is 19.3. The summed E-state index contributed by atoms with van der Waals surface area (Å²) in [5.41, 5.74) is -2.88. The van der Waals surface area contributed by atoms with E-state index in [4.69, 9.17) is 28.4 Å². The summed E-state index contributed by atoms with van der Waals surface area (Å²) in [7, 11) is 4.34. The first-order valence-electron chi connectivity index (χ1n) is 23.8. The first-order valence-corrected chi connectivity index (χ1v) is 24.7. The molecule has 6 amide bonds. The summed E-state index contributed by atoms with van der Waals surface area (Å²) in [5.74, 6) is -6.23. The number of ketones is 2. The van der Waals surface area contributed by atoms with Crippen LogP contribution in [0.4, 0.5) is 0 Å². The number of carbonyl (C=O) groups is 8. The number of ether oxygens (including phenoxy) is 6. The van der Waals surface area contributed by atoms with Gasteiger partial charge in [0.05, 0.1) is 87.6 Å². The molecule has 3 aliphatic heterocycles. The van der Waals surface area contributed by atoms with E-state index in [0.717, 1.165) is 11.3 Å². The molecule has 8 N–H and O–H groups in total. The number of hydrogen-bond donors (Lipinski definition) is 8. The van der Waals surface area contributed by atoms with Gasteiger partial charge in [-0.3, -0.25) is 43.3 Å². The number of rotatable bonds is 18. The summed E-state index contributed by atoms with van der Waals surface area (Å²) in [5, 5.41) is 50.6. The molecule has 3 aromatic rings. The van der Waals surface area contributed by atoms with Crippen molar-refractivity contribution in [3.05, 3.63) is 67.7 Å². The van der Waals surface area contributed by atoms with Crippen LogP contribution in [-0.2, 0) is 71.0 Å². The van der Waals surface area contributed by atoms with E-state index >= 15 is 0 Å². The van der Waals surface area contributed by atoms with Crippen molar-refractivity contribution in [2.75, 3.05) is 67.1 Å². The Balaban J connectivity index is 0.940. The fourth-order valence-corrected chi connectivity index (χ4v) is 10.8. The van der Waals surface area contributed by atoms with Gasteiger partial charge in [-0.2, -0.15) is 0 Å². The first-order chi connectivity index (χ1) is 35.4. The third-order valence-electron chi connectivity index (χ3n) is 13.5. The number of likely N-dealkylation sites (N-methyl/N-ethyl adjacent to an activating group) is 1. The van der Waals surface area contributed by atoms with Crippen molar-refractivity contribution >= 4 is 58.3 Å². The quantitative estimate of drug-likeness (QED) is 0.0538. The summed E-state index contributed by atoms with van der Waals surface area (Å²) in [6.07, 6.45) is -4.46. The van der Waals surface area contributed by atoms with Gasteiger partial charge in [-0.1, -0.05) is 19.1 Å². The Kier molecular flexibility index (Phi) is 16.3. The number of phenolic OH excluding ortho intramolecular Hbond substituents is 2. The van der Waals surface area contributed by atoms with Gasteiger partial charge in [0.15, 0.2) is 24.6 Å². The van der Waals surface area contributed by atoms with E-state index in [1.165, 1.54) is 44.4 Å². The van der Waals surface area contributed by atoms with Crippen LogP contribution >= 0.6 is 11.3 Å². The molecule has 2 aromatic carbocycles. The predicted octanol–water partition coefficient (Wildman–Crippen LogP) is -1.29. The molecule has 0 unspecified atom stereocenters. The Morgan fingerprint density at radius 1 is 0.878 bits per heavy atom. The minimum absolute atomic E-state index is 0.0151. The summed E-state index contributed by atoms with van der Waals surface area (Å²) < 4.78 is 36.3. The van der Waals surface area contributed by atoms with Gasteiger partial charge in [-0.25, -0.2) is 4.98 Å². The molecule has 25 nitrogen and oxygen atoms in total. The Labute approximate surface area is 427 Å².